The maximum absolute atomic E-state index is 13.0. The van der Waals surface area contributed by atoms with Crippen LogP contribution in [0, 0.1) is 6.92 Å². The zero-order chi connectivity index (χ0) is 20.1. The summed E-state index contributed by atoms with van der Waals surface area (Å²) in [6, 6.07) is 15.5. The topological polar surface area (TPSA) is 59.1 Å². The smallest absolute Gasteiger partial charge is 0.191 e. The fourth-order valence-corrected chi connectivity index (χ4v) is 3.33. The van der Waals surface area contributed by atoms with Crippen molar-refractivity contribution >= 4 is 28.0 Å². The highest BCUT2D eigenvalue weighted by Gasteiger charge is 2.07. The summed E-state index contributed by atoms with van der Waals surface area (Å²) in [7, 11) is -1.15. The van der Waals surface area contributed by atoms with Crippen molar-refractivity contribution in [2.45, 2.75) is 13.8 Å². The summed E-state index contributed by atoms with van der Waals surface area (Å²) in [5.41, 5.74) is 4.46. The minimum atomic E-state index is -1.15. The van der Waals surface area contributed by atoms with Gasteiger partial charge in [0.1, 0.15) is 11.0 Å². The first-order chi connectivity index (χ1) is 13.5. The molecule has 0 amide bonds. The number of hydrogen-bond donors (Lipinski definition) is 1. The lowest BCUT2D eigenvalue weighted by Gasteiger charge is -2.02. The zero-order valence-electron chi connectivity index (χ0n) is 15.9. The summed E-state index contributed by atoms with van der Waals surface area (Å²) in [5.74, 6) is 0.498. The quantitative estimate of drug-likeness (QED) is 0.636. The third kappa shape index (κ3) is 4.43. The van der Waals surface area contributed by atoms with Gasteiger partial charge in [-0.1, -0.05) is 56.0 Å². The van der Waals surface area contributed by atoms with Crippen molar-refractivity contribution in [1.82, 2.24) is 9.71 Å². The molecule has 0 fully saturated rings. The molecule has 0 saturated carbocycles. The number of nitrogens with zero attached hydrogens (tertiary/aromatic N) is 1. The molecule has 1 unspecified atom stereocenters. The summed E-state index contributed by atoms with van der Waals surface area (Å²) in [6.45, 7) is 7.47. The lowest BCUT2D eigenvalue weighted by Crippen LogP contribution is -2.15. The average molecular weight is 391 g/mol. The van der Waals surface area contributed by atoms with E-state index in [4.69, 9.17) is 0 Å². The first-order valence-corrected chi connectivity index (χ1v) is 10.3. The lowest BCUT2D eigenvalue weighted by atomic mass is 10.1. The van der Waals surface area contributed by atoms with Crippen LogP contribution in [0.1, 0.15) is 18.1 Å². The number of aromatic nitrogens is 1. The highest BCUT2D eigenvalue weighted by atomic mass is 32.2. The second-order valence-electron chi connectivity index (χ2n) is 6.36. The van der Waals surface area contributed by atoms with Crippen LogP contribution in [0.5, 0.6) is 0 Å². The Labute approximate surface area is 167 Å². The Morgan fingerprint density at radius 2 is 1.93 bits per heavy atom. The number of hydrogen-bond acceptors (Lipinski definition) is 3. The number of rotatable bonds is 6. The van der Waals surface area contributed by atoms with E-state index >= 15 is 0 Å². The van der Waals surface area contributed by atoms with Crippen molar-refractivity contribution in [3.05, 3.63) is 94.4 Å². The molecular weight excluding hydrogens is 368 g/mol. The Balaban J connectivity index is 2.03. The largest absolute Gasteiger partial charge is 0.306 e. The van der Waals surface area contributed by atoms with Gasteiger partial charge in [-0.3, -0.25) is 9.78 Å². The number of fused-ring (bicyclic) bond motifs is 1. The standard InChI is InChI=1S/C23H22N2O2S/c1-4-28(27)25-16(2)10-11-18-12-13-22-21(23(26)17(18)3)14-20(15-24-22)19-8-6-5-7-9-19/h5-15,25H,2,4H2,1,3H3/b11-10-. The molecule has 0 aliphatic heterocycles. The molecule has 142 valence electrons. The van der Waals surface area contributed by atoms with Crippen molar-refractivity contribution in [2.75, 3.05) is 5.75 Å². The van der Waals surface area contributed by atoms with Crippen LogP contribution in [0.25, 0.3) is 28.1 Å². The van der Waals surface area contributed by atoms with E-state index in [-0.39, 0.29) is 5.43 Å². The number of pyridine rings is 1. The van der Waals surface area contributed by atoms with E-state index < -0.39 is 11.0 Å². The Morgan fingerprint density at radius 1 is 1.18 bits per heavy atom. The summed E-state index contributed by atoms with van der Waals surface area (Å²) in [4.78, 5) is 17.5. The van der Waals surface area contributed by atoms with Gasteiger partial charge in [-0.25, -0.2) is 4.21 Å². The highest BCUT2D eigenvalue weighted by Crippen LogP contribution is 2.21. The molecule has 0 saturated heterocycles. The van der Waals surface area contributed by atoms with Crippen LogP contribution in [0.3, 0.4) is 0 Å². The molecule has 1 N–H and O–H groups in total. The molecule has 4 nitrogen and oxygen atoms in total. The fraction of sp³-hybridized carbons (Fsp3) is 0.130. The summed E-state index contributed by atoms with van der Waals surface area (Å²) >= 11 is 0. The number of nitrogens with one attached hydrogen (secondary N) is 1. The van der Waals surface area contributed by atoms with Crippen LogP contribution in [0.4, 0.5) is 0 Å². The van der Waals surface area contributed by atoms with Crippen molar-refractivity contribution in [2.24, 2.45) is 0 Å². The molecule has 0 aliphatic rings. The molecule has 1 atom stereocenters. The molecule has 2 aromatic carbocycles. The summed E-state index contributed by atoms with van der Waals surface area (Å²) in [6.07, 6.45) is 5.31. The molecule has 3 rings (SSSR count). The van der Waals surface area contributed by atoms with Gasteiger partial charge in [0.2, 0.25) is 0 Å². The van der Waals surface area contributed by atoms with Gasteiger partial charge in [0.05, 0.1) is 5.52 Å². The van der Waals surface area contributed by atoms with Crippen molar-refractivity contribution in [3.63, 3.8) is 0 Å². The average Bonchev–Trinajstić information content (AvgIpc) is 2.84. The van der Waals surface area contributed by atoms with Gasteiger partial charge >= 0.3 is 0 Å². The molecule has 28 heavy (non-hydrogen) atoms. The Hall–Kier alpha value is -3.05. The van der Waals surface area contributed by atoms with Gasteiger partial charge in [0.15, 0.2) is 5.43 Å². The Kier molecular flexibility index (Phi) is 6.16. The molecule has 1 heterocycles. The van der Waals surface area contributed by atoms with Crippen LogP contribution < -0.4 is 10.2 Å². The van der Waals surface area contributed by atoms with Crippen LogP contribution in [0.15, 0.2) is 77.9 Å². The highest BCUT2D eigenvalue weighted by molar-refractivity contribution is 7.83. The van der Waals surface area contributed by atoms with E-state index in [0.717, 1.165) is 16.7 Å². The predicted molar refractivity (Wildman–Crippen MR) is 118 cm³/mol. The third-order valence-electron chi connectivity index (χ3n) is 4.44. The van der Waals surface area contributed by atoms with Crippen LogP contribution in [-0.4, -0.2) is 14.9 Å². The van der Waals surface area contributed by atoms with E-state index in [0.29, 0.717) is 27.9 Å². The first-order valence-electron chi connectivity index (χ1n) is 9.00. The first kappa shape index (κ1) is 19.7. The van der Waals surface area contributed by atoms with E-state index in [1.165, 1.54) is 0 Å². The van der Waals surface area contributed by atoms with Gasteiger partial charge in [-0.2, -0.15) is 0 Å². The molecule has 1 aromatic heterocycles. The molecule has 3 aromatic rings. The number of allylic oxidation sites excluding steroid dienone is 1. The monoisotopic (exact) mass is 390 g/mol. The van der Waals surface area contributed by atoms with E-state index in [9.17, 15) is 9.00 Å². The van der Waals surface area contributed by atoms with Gasteiger partial charge in [-0.05, 0) is 36.3 Å². The minimum absolute atomic E-state index is 0.0550. The molecule has 0 aliphatic carbocycles. The van der Waals surface area contributed by atoms with Gasteiger partial charge in [0.25, 0.3) is 0 Å². The van der Waals surface area contributed by atoms with Gasteiger partial charge in [-0.15, -0.1) is 0 Å². The van der Waals surface area contributed by atoms with Crippen LogP contribution >= 0.6 is 0 Å². The maximum Gasteiger partial charge on any atom is 0.191 e. The number of benzene rings is 1. The minimum Gasteiger partial charge on any atom is -0.306 e. The van der Waals surface area contributed by atoms with Crippen molar-refractivity contribution in [3.8, 4) is 11.1 Å². The third-order valence-corrected chi connectivity index (χ3v) is 5.45. The Morgan fingerprint density at radius 3 is 2.64 bits per heavy atom. The summed E-state index contributed by atoms with van der Waals surface area (Å²) < 4.78 is 14.4. The molecule has 5 heteroatoms. The molecular formula is C23H22N2O2S. The van der Waals surface area contributed by atoms with E-state index in [2.05, 4.69) is 16.3 Å². The second kappa shape index (κ2) is 8.76. The lowest BCUT2D eigenvalue weighted by molar-refractivity contribution is 0.679. The predicted octanol–water partition coefficient (Wildman–Crippen LogP) is 4.37. The van der Waals surface area contributed by atoms with E-state index in [1.807, 2.05) is 55.5 Å². The van der Waals surface area contributed by atoms with Gasteiger partial charge < -0.3 is 4.72 Å². The fourth-order valence-electron chi connectivity index (χ4n) is 2.83. The van der Waals surface area contributed by atoms with Gasteiger partial charge in [0, 0.05) is 34.2 Å². The van der Waals surface area contributed by atoms with Crippen molar-refractivity contribution in [1.29, 1.82) is 0 Å². The van der Waals surface area contributed by atoms with Crippen molar-refractivity contribution < 1.29 is 4.21 Å². The molecule has 0 radical (unpaired) electrons. The van der Waals surface area contributed by atoms with Crippen LogP contribution in [-0.2, 0) is 11.0 Å². The second-order valence-corrected chi connectivity index (χ2v) is 7.83. The summed E-state index contributed by atoms with van der Waals surface area (Å²) in [5, 5.41) is 0.586. The zero-order valence-corrected chi connectivity index (χ0v) is 16.8. The SMILES string of the molecule is C=C(/C=C\c1ccc2ncc(-c3ccccc3)cc2c(=O)c1C)NS(=O)CC. The molecule has 0 bridgehead atoms. The Bertz CT molecular complexity index is 1140. The normalized spacial score (nSPS) is 12.2. The van der Waals surface area contributed by atoms with E-state index in [1.54, 1.807) is 25.3 Å². The maximum atomic E-state index is 13.0. The molecule has 0 spiro atoms. The van der Waals surface area contributed by atoms with Crippen LogP contribution in [0.2, 0.25) is 0 Å².